The predicted octanol–water partition coefficient (Wildman–Crippen LogP) is 1.90. The number of aliphatic carboxylic acids is 2. The van der Waals surface area contributed by atoms with Crippen LogP contribution in [0.15, 0.2) is 24.4 Å². The Kier molecular flexibility index (Phi) is 11.3. The lowest BCUT2D eigenvalue weighted by Crippen LogP contribution is -2.49. The molecular weight excluding hydrogens is 532 g/mol. The number of alkyl halides is 6. The van der Waals surface area contributed by atoms with Gasteiger partial charge in [0.2, 0.25) is 5.91 Å². The van der Waals surface area contributed by atoms with Crippen LogP contribution in [0.1, 0.15) is 5.69 Å². The van der Waals surface area contributed by atoms with E-state index in [0.29, 0.717) is 44.7 Å². The van der Waals surface area contributed by atoms with E-state index >= 15 is 0 Å². The lowest BCUT2D eigenvalue weighted by molar-refractivity contribution is -0.193. The van der Waals surface area contributed by atoms with Gasteiger partial charge < -0.3 is 24.6 Å². The molecule has 0 aromatic carbocycles. The smallest absolute Gasteiger partial charge is 0.475 e. The molecule has 0 aliphatic carbocycles. The summed E-state index contributed by atoms with van der Waals surface area (Å²) < 4.78 is 74.6. The van der Waals surface area contributed by atoms with Gasteiger partial charge in [0.25, 0.3) is 0 Å². The summed E-state index contributed by atoms with van der Waals surface area (Å²) in [5, 5.41) is 14.2. The minimum Gasteiger partial charge on any atom is -0.475 e. The first-order valence-corrected chi connectivity index (χ1v) is 11.4. The van der Waals surface area contributed by atoms with E-state index < -0.39 is 24.3 Å². The summed E-state index contributed by atoms with van der Waals surface area (Å²) in [6, 6.07) is 6.03. The van der Waals surface area contributed by atoms with Crippen molar-refractivity contribution in [3.63, 3.8) is 0 Å². The molecule has 4 rings (SSSR count). The van der Waals surface area contributed by atoms with E-state index in [2.05, 4.69) is 16.0 Å². The Morgan fingerprint density at radius 2 is 1.50 bits per heavy atom. The molecule has 4 heterocycles. The van der Waals surface area contributed by atoms with E-state index in [4.69, 9.17) is 29.3 Å². The molecule has 38 heavy (non-hydrogen) atoms. The molecule has 3 aliphatic heterocycles. The fourth-order valence-electron chi connectivity index (χ4n) is 4.21. The molecule has 0 bridgehead atoms. The highest BCUT2D eigenvalue weighted by Crippen LogP contribution is 2.35. The predicted molar refractivity (Wildman–Crippen MR) is 116 cm³/mol. The Morgan fingerprint density at radius 1 is 0.921 bits per heavy atom. The molecule has 1 aromatic rings. The molecule has 16 heteroatoms. The number of likely N-dealkylation sites (tertiary alicyclic amines) is 1. The molecule has 0 saturated carbocycles. The number of carboxylic acid groups (broad SMARTS) is 2. The fraction of sp³-hybridized carbons (Fsp3) is 0.636. The van der Waals surface area contributed by atoms with Gasteiger partial charge in [0.15, 0.2) is 0 Å². The minimum atomic E-state index is -5.08. The zero-order valence-corrected chi connectivity index (χ0v) is 20.0. The fourth-order valence-corrected chi connectivity index (χ4v) is 4.21. The number of carbonyl (C=O) groups excluding carboxylic acids is 1. The van der Waals surface area contributed by atoms with Crippen molar-refractivity contribution in [2.45, 2.75) is 18.9 Å². The van der Waals surface area contributed by atoms with Crippen LogP contribution in [0.2, 0.25) is 0 Å². The number of rotatable bonds is 3. The quantitative estimate of drug-likeness (QED) is 0.534. The van der Waals surface area contributed by atoms with E-state index in [-0.39, 0.29) is 11.8 Å². The summed E-state index contributed by atoms with van der Waals surface area (Å²) in [6.07, 6.45) is -8.33. The van der Waals surface area contributed by atoms with Crippen molar-refractivity contribution < 1.29 is 60.4 Å². The number of aromatic nitrogens is 1. The third-order valence-electron chi connectivity index (χ3n) is 5.95. The summed E-state index contributed by atoms with van der Waals surface area (Å²) in [6.45, 7) is 6.88. The van der Waals surface area contributed by atoms with Gasteiger partial charge in [-0.3, -0.25) is 14.7 Å². The van der Waals surface area contributed by atoms with Gasteiger partial charge in [0, 0.05) is 38.9 Å². The van der Waals surface area contributed by atoms with E-state index in [1.54, 1.807) is 0 Å². The van der Waals surface area contributed by atoms with Crippen molar-refractivity contribution in [2.24, 2.45) is 17.8 Å². The van der Waals surface area contributed by atoms with Crippen LogP contribution in [0.4, 0.5) is 26.3 Å². The average Bonchev–Trinajstić information content (AvgIpc) is 3.27. The van der Waals surface area contributed by atoms with Gasteiger partial charge in [-0.25, -0.2) is 9.59 Å². The van der Waals surface area contributed by atoms with Crippen molar-refractivity contribution in [3.05, 3.63) is 30.1 Å². The van der Waals surface area contributed by atoms with E-state index in [1.807, 2.05) is 23.2 Å². The maximum Gasteiger partial charge on any atom is 0.490 e. The third kappa shape index (κ3) is 9.72. The van der Waals surface area contributed by atoms with Gasteiger partial charge in [-0.2, -0.15) is 26.3 Å². The van der Waals surface area contributed by atoms with Crippen molar-refractivity contribution in [1.29, 1.82) is 0 Å². The first-order chi connectivity index (χ1) is 17.7. The first kappa shape index (κ1) is 31.2. The van der Waals surface area contributed by atoms with Gasteiger partial charge in [-0.1, -0.05) is 6.07 Å². The highest BCUT2D eigenvalue weighted by molar-refractivity contribution is 5.79. The summed E-state index contributed by atoms with van der Waals surface area (Å²) in [5.41, 5.74) is 1.09. The number of carbonyl (C=O) groups is 3. The lowest BCUT2D eigenvalue weighted by atomic mass is 9.82. The number of hydrogen-bond donors (Lipinski definition) is 2. The minimum absolute atomic E-state index is 0.00409. The molecule has 0 unspecified atom stereocenters. The number of fused-ring (bicyclic) bond motifs is 1. The van der Waals surface area contributed by atoms with Crippen molar-refractivity contribution in [2.75, 3.05) is 52.6 Å². The second kappa shape index (κ2) is 13.7. The number of morpholine rings is 1. The van der Waals surface area contributed by atoms with E-state index in [0.717, 1.165) is 31.9 Å². The lowest BCUT2D eigenvalue weighted by Gasteiger charge is -2.36. The maximum atomic E-state index is 12.9. The molecule has 214 valence electrons. The largest absolute Gasteiger partial charge is 0.490 e. The summed E-state index contributed by atoms with van der Waals surface area (Å²) in [7, 11) is 0. The number of nitrogens with zero attached hydrogens (tertiary/aromatic N) is 3. The molecular formula is C22H27F6N3O7. The van der Waals surface area contributed by atoms with E-state index in [9.17, 15) is 31.1 Å². The maximum absolute atomic E-state index is 12.9. The SMILES string of the molecule is O=C(O)C(F)(F)F.O=C(O)C(F)(F)F.O=C([C@H]1COC[C@H]2CN(Cc3ccccn3)C[C@H]21)N1CCOCC1. The highest BCUT2D eigenvalue weighted by atomic mass is 19.4. The molecule has 3 fully saturated rings. The summed E-state index contributed by atoms with van der Waals surface area (Å²) in [4.78, 5) is 39.5. The van der Waals surface area contributed by atoms with Crippen LogP contribution >= 0.6 is 0 Å². The van der Waals surface area contributed by atoms with Crippen LogP contribution < -0.4 is 0 Å². The molecule has 3 atom stereocenters. The number of hydrogen-bond acceptors (Lipinski definition) is 7. The van der Waals surface area contributed by atoms with Crippen LogP contribution in [0.25, 0.3) is 0 Å². The number of ether oxygens (including phenoxy) is 2. The van der Waals surface area contributed by atoms with Crippen LogP contribution in [0, 0.1) is 17.8 Å². The molecule has 10 nitrogen and oxygen atoms in total. The Morgan fingerprint density at radius 3 is 2.00 bits per heavy atom. The third-order valence-corrected chi connectivity index (χ3v) is 5.95. The zero-order valence-electron chi connectivity index (χ0n) is 20.0. The Bertz CT molecular complexity index is 902. The Balaban J connectivity index is 0.000000301. The van der Waals surface area contributed by atoms with Gasteiger partial charge >= 0.3 is 24.3 Å². The van der Waals surface area contributed by atoms with Crippen LogP contribution in [-0.2, 0) is 30.4 Å². The van der Waals surface area contributed by atoms with Crippen LogP contribution in [0.5, 0.6) is 0 Å². The van der Waals surface area contributed by atoms with E-state index in [1.165, 1.54) is 0 Å². The van der Waals surface area contributed by atoms with Crippen molar-refractivity contribution in [1.82, 2.24) is 14.8 Å². The second-order valence-corrected chi connectivity index (χ2v) is 8.63. The van der Waals surface area contributed by atoms with Crippen molar-refractivity contribution in [3.8, 4) is 0 Å². The molecule has 3 saturated heterocycles. The first-order valence-electron chi connectivity index (χ1n) is 11.4. The molecule has 0 radical (unpaired) electrons. The van der Waals surface area contributed by atoms with Crippen molar-refractivity contribution >= 4 is 17.8 Å². The van der Waals surface area contributed by atoms with Gasteiger partial charge in [0.05, 0.1) is 38.0 Å². The summed E-state index contributed by atoms with van der Waals surface area (Å²) in [5.74, 6) is -4.40. The number of pyridine rings is 1. The molecule has 3 aliphatic rings. The number of carboxylic acids is 2. The number of amides is 1. The van der Waals surface area contributed by atoms with Crippen LogP contribution in [-0.4, -0.2) is 108 Å². The molecule has 1 aromatic heterocycles. The Labute approximate surface area is 213 Å². The van der Waals surface area contributed by atoms with Gasteiger partial charge in [0.1, 0.15) is 0 Å². The highest BCUT2D eigenvalue weighted by Gasteiger charge is 2.45. The second-order valence-electron chi connectivity index (χ2n) is 8.63. The normalized spacial score (nSPS) is 23.7. The molecule has 2 N–H and O–H groups in total. The van der Waals surface area contributed by atoms with Gasteiger partial charge in [-0.05, 0) is 24.0 Å². The average molecular weight is 559 g/mol. The standard InChI is InChI=1S/C18H25N3O3.2C2HF3O2/c22-18(21-5-7-23-8-6-21)17-13-24-12-14-9-20(11-16(14)17)10-15-3-1-2-4-19-15;2*3-2(4,5)1(6)7/h1-4,14,16-17H,5-13H2;2*(H,6,7)/t14-,16-,17+;;/m1../s1. The summed E-state index contributed by atoms with van der Waals surface area (Å²) >= 11 is 0. The van der Waals surface area contributed by atoms with Gasteiger partial charge in [-0.15, -0.1) is 0 Å². The topological polar surface area (TPSA) is 129 Å². The zero-order chi connectivity index (χ0) is 28.5. The monoisotopic (exact) mass is 559 g/mol. The molecule has 0 spiro atoms. The van der Waals surface area contributed by atoms with Crippen LogP contribution in [0.3, 0.4) is 0 Å². The Hall–Kier alpha value is -2.98. The molecule has 1 amide bonds. The number of halogens is 6.